The minimum absolute atomic E-state index is 0.112. The summed E-state index contributed by atoms with van der Waals surface area (Å²) in [6.45, 7) is 7.21. The molecule has 37 heavy (non-hydrogen) atoms. The highest BCUT2D eigenvalue weighted by molar-refractivity contribution is 7.86. The van der Waals surface area contributed by atoms with E-state index >= 15 is 0 Å². The number of fused-ring (bicyclic) bond motifs is 2. The maximum atomic E-state index is 11.7. The van der Waals surface area contributed by atoms with Crippen molar-refractivity contribution in [2.75, 3.05) is 22.1 Å². The molecule has 2 heterocycles. The summed E-state index contributed by atoms with van der Waals surface area (Å²) in [6, 6.07) is 6.43. The van der Waals surface area contributed by atoms with Crippen LogP contribution in [0, 0.1) is 0 Å². The van der Waals surface area contributed by atoms with Gasteiger partial charge in [0.2, 0.25) is 0 Å². The van der Waals surface area contributed by atoms with E-state index in [1.54, 1.807) is 52.0 Å². The van der Waals surface area contributed by atoms with Gasteiger partial charge in [0.25, 0.3) is 20.2 Å². The third kappa shape index (κ3) is 6.27. The van der Waals surface area contributed by atoms with E-state index in [4.69, 9.17) is 0 Å². The van der Waals surface area contributed by atoms with Crippen LogP contribution in [0.25, 0.3) is 11.1 Å². The second-order valence-corrected chi connectivity index (χ2v) is 13.6. The van der Waals surface area contributed by atoms with Crippen LogP contribution in [-0.2, 0) is 26.7 Å². The Bertz CT molecular complexity index is 1450. The fraction of sp³-hybridized carbons (Fsp3) is 0.360. The van der Waals surface area contributed by atoms with Gasteiger partial charge in [-0.3, -0.25) is 9.11 Å². The van der Waals surface area contributed by atoms with Crippen molar-refractivity contribution in [1.82, 2.24) is 0 Å². The van der Waals surface area contributed by atoms with Gasteiger partial charge in [-0.25, -0.2) is 0 Å². The molecule has 0 saturated heterocycles. The van der Waals surface area contributed by atoms with Crippen LogP contribution in [0.1, 0.15) is 49.9 Å². The number of nitrogens with one attached hydrogen (secondary N) is 2. The molecule has 0 saturated carbocycles. The largest absolute Gasteiger partial charge is 0.506 e. The van der Waals surface area contributed by atoms with Gasteiger partial charge in [-0.05, 0) is 80.7 Å². The third-order valence-electron chi connectivity index (χ3n) is 6.10. The van der Waals surface area contributed by atoms with Crippen LogP contribution < -0.4 is 10.6 Å². The SMILES string of the molecule is CC1(C)C=C(CS(=O)(=O)O)c2cc(Cc3cc(O)c4c(c3)C(CS(=O)(=O)O)=CC(C)(C)N4)cc(O)c2N1. The molecule has 0 atom stereocenters. The van der Waals surface area contributed by atoms with Gasteiger partial charge in [-0.15, -0.1) is 0 Å². The van der Waals surface area contributed by atoms with Crippen LogP contribution in [0.15, 0.2) is 36.4 Å². The maximum Gasteiger partial charge on any atom is 0.269 e. The molecule has 0 fully saturated rings. The highest BCUT2D eigenvalue weighted by Crippen LogP contribution is 2.43. The van der Waals surface area contributed by atoms with Crippen molar-refractivity contribution in [3.05, 3.63) is 58.7 Å². The minimum Gasteiger partial charge on any atom is -0.506 e. The van der Waals surface area contributed by atoms with Crippen molar-refractivity contribution in [2.45, 2.75) is 45.2 Å². The lowest BCUT2D eigenvalue weighted by molar-refractivity contribution is 0.473. The average molecular weight is 551 g/mol. The molecule has 0 radical (unpaired) electrons. The Hall–Kier alpha value is -3.06. The Morgan fingerprint density at radius 2 is 1.03 bits per heavy atom. The Morgan fingerprint density at radius 3 is 1.35 bits per heavy atom. The number of aromatic hydroxyl groups is 2. The summed E-state index contributed by atoms with van der Waals surface area (Å²) in [5.41, 5.74) is 2.01. The van der Waals surface area contributed by atoms with Gasteiger partial charge in [0, 0.05) is 11.1 Å². The quantitative estimate of drug-likeness (QED) is 0.230. The Kier molecular flexibility index (Phi) is 6.39. The molecule has 2 aliphatic heterocycles. The summed E-state index contributed by atoms with van der Waals surface area (Å²) in [7, 11) is -8.68. The van der Waals surface area contributed by atoms with Crippen LogP contribution in [0.3, 0.4) is 0 Å². The van der Waals surface area contributed by atoms with Gasteiger partial charge in [-0.2, -0.15) is 16.8 Å². The van der Waals surface area contributed by atoms with Crippen molar-refractivity contribution in [2.24, 2.45) is 0 Å². The van der Waals surface area contributed by atoms with E-state index in [2.05, 4.69) is 10.6 Å². The molecule has 4 rings (SSSR count). The maximum absolute atomic E-state index is 11.7. The Morgan fingerprint density at radius 1 is 0.676 bits per heavy atom. The molecule has 0 aliphatic carbocycles. The molecule has 2 aromatic carbocycles. The second kappa shape index (κ2) is 8.76. The molecule has 2 aromatic rings. The first-order chi connectivity index (χ1) is 16.8. The average Bonchev–Trinajstić information content (AvgIpc) is 2.66. The lowest BCUT2D eigenvalue weighted by Gasteiger charge is -2.33. The highest BCUT2D eigenvalue weighted by atomic mass is 32.2. The fourth-order valence-corrected chi connectivity index (χ4v) is 6.22. The monoisotopic (exact) mass is 550 g/mol. The van der Waals surface area contributed by atoms with E-state index in [0.717, 1.165) is 0 Å². The molecule has 0 aromatic heterocycles. The first kappa shape index (κ1) is 27.0. The Balaban J connectivity index is 1.77. The second-order valence-electron chi connectivity index (χ2n) is 10.7. The van der Waals surface area contributed by atoms with Gasteiger partial charge in [-0.1, -0.05) is 12.2 Å². The summed E-state index contributed by atoms with van der Waals surface area (Å²) in [5, 5.41) is 27.9. The molecule has 0 unspecified atom stereocenters. The zero-order chi connectivity index (χ0) is 27.6. The molecular formula is C25H30N2O8S2. The number of hydrogen-bond donors (Lipinski definition) is 6. The van der Waals surface area contributed by atoms with Crippen molar-refractivity contribution >= 4 is 42.8 Å². The summed E-state index contributed by atoms with van der Waals surface area (Å²) in [5.74, 6) is -1.48. The first-order valence-electron chi connectivity index (χ1n) is 11.4. The van der Waals surface area contributed by atoms with E-state index in [0.29, 0.717) is 44.8 Å². The first-order valence-corrected chi connectivity index (χ1v) is 14.7. The third-order valence-corrected chi connectivity index (χ3v) is 7.45. The Labute approximate surface area is 216 Å². The predicted molar refractivity (Wildman–Crippen MR) is 143 cm³/mol. The van der Waals surface area contributed by atoms with E-state index in [1.165, 1.54) is 12.1 Å². The van der Waals surface area contributed by atoms with E-state index < -0.39 is 42.8 Å². The van der Waals surface area contributed by atoms with Crippen molar-refractivity contribution in [3.63, 3.8) is 0 Å². The molecule has 0 spiro atoms. The fourth-order valence-electron chi connectivity index (χ4n) is 4.95. The van der Waals surface area contributed by atoms with E-state index in [1.807, 2.05) is 0 Å². The molecule has 10 nitrogen and oxygen atoms in total. The molecule has 0 amide bonds. The molecule has 200 valence electrons. The molecule has 6 N–H and O–H groups in total. The van der Waals surface area contributed by atoms with Crippen molar-refractivity contribution in [1.29, 1.82) is 0 Å². The predicted octanol–water partition coefficient (Wildman–Crippen LogP) is 3.64. The summed E-state index contributed by atoms with van der Waals surface area (Å²) >= 11 is 0. The normalized spacial score (nSPS) is 18.0. The zero-order valence-corrected chi connectivity index (χ0v) is 22.5. The highest BCUT2D eigenvalue weighted by Gasteiger charge is 2.31. The van der Waals surface area contributed by atoms with Crippen LogP contribution in [-0.4, -0.2) is 58.7 Å². The van der Waals surface area contributed by atoms with E-state index in [9.17, 15) is 36.2 Å². The van der Waals surface area contributed by atoms with Gasteiger partial charge < -0.3 is 20.8 Å². The van der Waals surface area contributed by atoms with Gasteiger partial charge in [0.05, 0.1) is 22.5 Å². The number of anilines is 2. The topological polar surface area (TPSA) is 173 Å². The smallest absolute Gasteiger partial charge is 0.269 e. The summed E-state index contributed by atoms with van der Waals surface area (Å²) in [6.07, 6.45) is 3.56. The standard InChI is InChI=1S/C25H30N2O8S2/c1-24(2)10-16(12-36(30,31)32)18-6-14(8-20(28)22(18)26-24)5-15-7-19-17(13-37(33,34)35)11-25(3,4)27-23(19)21(29)9-15/h6-11,26-29H,5,12-13H2,1-4H3,(H,30,31,32)(H,33,34,35). The van der Waals surface area contributed by atoms with Crippen LogP contribution in [0.5, 0.6) is 11.5 Å². The number of rotatable bonds is 6. The minimum atomic E-state index is -4.34. The zero-order valence-electron chi connectivity index (χ0n) is 20.8. The number of phenolic OH excluding ortho intramolecular Hbond substituents is 2. The van der Waals surface area contributed by atoms with Crippen molar-refractivity contribution in [3.8, 4) is 11.5 Å². The van der Waals surface area contributed by atoms with Crippen LogP contribution in [0.2, 0.25) is 0 Å². The summed E-state index contributed by atoms with van der Waals surface area (Å²) < 4.78 is 65.6. The molecule has 2 aliphatic rings. The van der Waals surface area contributed by atoms with Gasteiger partial charge >= 0.3 is 0 Å². The number of hydrogen-bond acceptors (Lipinski definition) is 8. The number of benzene rings is 2. The van der Waals surface area contributed by atoms with Crippen LogP contribution >= 0.6 is 0 Å². The molecule has 12 heteroatoms. The van der Waals surface area contributed by atoms with Crippen molar-refractivity contribution < 1.29 is 36.2 Å². The van der Waals surface area contributed by atoms with Gasteiger partial charge in [0.1, 0.15) is 23.0 Å². The van der Waals surface area contributed by atoms with Crippen LogP contribution in [0.4, 0.5) is 11.4 Å². The van der Waals surface area contributed by atoms with E-state index in [-0.39, 0.29) is 17.9 Å². The molecule has 0 bridgehead atoms. The summed E-state index contributed by atoms with van der Waals surface area (Å²) in [4.78, 5) is 0. The van der Waals surface area contributed by atoms with Gasteiger partial charge in [0.15, 0.2) is 0 Å². The molecular weight excluding hydrogens is 520 g/mol. The lowest BCUT2D eigenvalue weighted by Crippen LogP contribution is -2.33. The lowest BCUT2D eigenvalue weighted by atomic mass is 9.87. The number of phenols is 2.